The Balaban J connectivity index is 2.36. The normalized spacial score (nSPS) is 10.6. The Bertz CT molecular complexity index is 870. The molecule has 156 valence electrons. The maximum Gasteiger partial charge on any atom is 0.304 e. The SMILES string of the molecule is COc1cccc(CN(CCC(=O)O)Cc2cc(OC)c(OC)cc2[N+](=O)[O-])c1. The van der Waals surface area contributed by atoms with Gasteiger partial charge in [0.1, 0.15) is 5.75 Å². The zero-order chi connectivity index (χ0) is 21.4. The van der Waals surface area contributed by atoms with Gasteiger partial charge in [-0.15, -0.1) is 0 Å². The fourth-order valence-corrected chi connectivity index (χ4v) is 2.94. The summed E-state index contributed by atoms with van der Waals surface area (Å²) < 4.78 is 15.6. The van der Waals surface area contributed by atoms with Gasteiger partial charge in [0.2, 0.25) is 0 Å². The van der Waals surface area contributed by atoms with Crippen LogP contribution >= 0.6 is 0 Å². The summed E-state index contributed by atoms with van der Waals surface area (Å²) in [5, 5.41) is 20.6. The van der Waals surface area contributed by atoms with Crippen LogP contribution in [0.2, 0.25) is 0 Å². The second-order valence-corrected chi connectivity index (χ2v) is 6.30. The van der Waals surface area contributed by atoms with Crippen molar-refractivity contribution < 1.29 is 29.0 Å². The van der Waals surface area contributed by atoms with E-state index >= 15 is 0 Å². The van der Waals surface area contributed by atoms with Crippen LogP contribution in [0.5, 0.6) is 17.2 Å². The molecule has 0 saturated heterocycles. The lowest BCUT2D eigenvalue weighted by Gasteiger charge is -2.22. The number of nitrogens with zero attached hydrogens (tertiary/aromatic N) is 2. The molecule has 0 aromatic heterocycles. The number of benzene rings is 2. The molecule has 0 fully saturated rings. The van der Waals surface area contributed by atoms with Gasteiger partial charge in [-0.2, -0.15) is 0 Å². The van der Waals surface area contributed by atoms with Crippen molar-refractivity contribution in [2.24, 2.45) is 0 Å². The fourth-order valence-electron chi connectivity index (χ4n) is 2.94. The largest absolute Gasteiger partial charge is 0.497 e. The van der Waals surface area contributed by atoms with Crippen molar-refractivity contribution in [2.45, 2.75) is 19.5 Å². The lowest BCUT2D eigenvalue weighted by Crippen LogP contribution is -2.26. The minimum Gasteiger partial charge on any atom is -0.497 e. The molecule has 2 rings (SSSR count). The van der Waals surface area contributed by atoms with Crippen LogP contribution in [0.4, 0.5) is 5.69 Å². The van der Waals surface area contributed by atoms with E-state index in [2.05, 4.69) is 0 Å². The van der Waals surface area contributed by atoms with E-state index < -0.39 is 10.9 Å². The van der Waals surface area contributed by atoms with E-state index in [0.717, 1.165) is 5.56 Å². The fraction of sp³-hybridized carbons (Fsp3) is 0.350. The summed E-state index contributed by atoms with van der Waals surface area (Å²) in [5.41, 5.74) is 1.19. The van der Waals surface area contributed by atoms with Gasteiger partial charge in [0.15, 0.2) is 11.5 Å². The molecule has 0 aliphatic heterocycles. The molecule has 0 atom stereocenters. The van der Waals surface area contributed by atoms with Crippen molar-refractivity contribution in [3.63, 3.8) is 0 Å². The average molecular weight is 404 g/mol. The van der Waals surface area contributed by atoms with E-state index in [1.807, 2.05) is 29.2 Å². The van der Waals surface area contributed by atoms with Gasteiger partial charge in [-0.3, -0.25) is 19.8 Å². The highest BCUT2D eigenvalue weighted by Gasteiger charge is 2.22. The maximum atomic E-state index is 11.6. The number of carbonyl (C=O) groups is 1. The van der Waals surface area contributed by atoms with Crippen molar-refractivity contribution in [2.75, 3.05) is 27.9 Å². The molecule has 0 spiro atoms. The van der Waals surface area contributed by atoms with E-state index in [0.29, 0.717) is 23.6 Å². The van der Waals surface area contributed by atoms with Gasteiger partial charge in [-0.25, -0.2) is 0 Å². The quantitative estimate of drug-likeness (QED) is 0.449. The highest BCUT2D eigenvalue weighted by molar-refractivity contribution is 5.66. The van der Waals surface area contributed by atoms with Gasteiger partial charge < -0.3 is 19.3 Å². The number of hydrogen-bond donors (Lipinski definition) is 1. The Kier molecular flexibility index (Phi) is 7.79. The van der Waals surface area contributed by atoms with Gasteiger partial charge in [0.05, 0.1) is 38.7 Å². The zero-order valence-corrected chi connectivity index (χ0v) is 16.6. The molecule has 9 heteroatoms. The van der Waals surface area contributed by atoms with Gasteiger partial charge in [-0.1, -0.05) is 12.1 Å². The molecule has 9 nitrogen and oxygen atoms in total. The molecule has 0 bridgehead atoms. The van der Waals surface area contributed by atoms with Crippen LogP contribution < -0.4 is 14.2 Å². The van der Waals surface area contributed by atoms with Gasteiger partial charge in [0.25, 0.3) is 5.69 Å². The van der Waals surface area contributed by atoms with Gasteiger partial charge >= 0.3 is 5.97 Å². The third kappa shape index (κ3) is 6.08. The number of nitro groups is 1. The van der Waals surface area contributed by atoms with Crippen LogP contribution in [-0.4, -0.2) is 48.8 Å². The molecule has 0 amide bonds. The molecule has 0 aliphatic carbocycles. The second kappa shape index (κ2) is 10.3. The van der Waals surface area contributed by atoms with Crippen LogP contribution in [-0.2, 0) is 17.9 Å². The third-order valence-electron chi connectivity index (χ3n) is 4.36. The Morgan fingerprint density at radius 3 is 2.34 bits per heavy atom. The number of hydrogen-bond acceptors (Lipinski definition) is 7. The van der Waals surface area contributed by atoms with E-state index in [9.17, 15) is 14.9 Å². The lowest BCUT2D eigenvalue weighted by atomic mass is 10.1. The maximum absolute atomic E-state index is 11.6. The summed E-state index contributed by atoms with van der Waals surface area (Å²) in [6.45, 7) is 0.787. The van der Waals surface area contributed by atoms with Crippen molar-refractivity contribution >= 4 is 11.7 Å². The summed E-state index contributed by atoms with van der Waals surface area (Å²) in [5.74, 6) is 0.362. The average Bonchev–Trinajstić information content (AvgIpc) is 2.71. The predicted octanol–water partition coefficient (Wildman–Crippen LogP) is 3.10. The van der Waals surface area contributed by atoms with Gasteiger partial charge in [-0.05, 0) is 23.8 Å². The van der Waals surface area contributed by atoms with Gasteiger partial charge in [0, 0.05) is 25.2 Å². The standard InChI is InChI=1S/C20H24N2O7/c1-27-16-6-4-5-14(9-16)12-21(8-7-20(23)24)13-15-10-18(28-2)19(29-3)11-17(15)22(25)26/h4-6,9-11H,7-8,12-13H2,1-3H3,(H,23,24). The van der Waals surface area contributed by atoms with E-state index in [1.54, 1.807) is 13.2 Å². The molecule has 2 aromatic rings. The Labute approximate surface area is 168 Å². The first-order valence-electron chi connectivity index (χ1n) is 8.84. The molecule has 0 saturated carbocycles. The number of ether oxygens (including phenoxy) is 3. The van der Waals surface area contributed by atoms with Crippen molar-refractivity contribution in [1.29, 1.82) is 0 Å². The number of carboxylic acids is 1. The molecular weight excluding hydrogens is 380 g/mol. The van der Waals surface area contributed by atoms with Crippen molar-refractivity contribution in [3.05, 3.63) is 57.6 Å². The molecule has 0 radical (unpaired) electrons. The molecule has 0 heterocycles. The number of rotatable bonds is 11. The minimum atomic E-state index is -0.942. The van der Waals surface area contributed by atoms with Crippen molar-refractivity contribution in [3.8, 4) is 17.2 Å². The summed E-state index contributed by atoms with van der Waals surface area (Å²) in [6.07, 6.45) is -0.0922. The van der Waals surface area contributed by atoms with Crippen molar-refractivity contribution in [1.82, 2.24) is 4.90 Å². The minimum absolute atomic E-state index is 0.0922. The summed E-state index contributed by atoms with van der Waals surface area (Å²) >= 11 is 0. The topological polar surface area (TPSA) is 111 Å². The molecular formula is C20H24N2O7. The molecule has 0 aliphatic rings. The molecule has 29 heavy (non-hydrogen) atoms. The van der Waals surface area contributed by atoms with E-state index in [-0.39, 0.29) is 30.9 Å². The Morgan fingerprint density at radius 2 is 1.76 bits per heavy atom. The van der Waals surface area contributed by atoms with Crippen LogP contribution in [0.25, 0.3) is 0 Å². The van der Waals surface area contributed by atoms with Crippen LogP contribution in [0, 0.1) is 10.1 Å². The number of nitro benzene ring substituents is 1. The third-order valence-corrected chi connectivity index (χ3v) is 4.36. The number of aliphatic carboxylic acids is 1. The summed E-state index contributed by atoms with van der Waals surface area (Å²) in [4.78, 5) is 24.0. The van der Waals surface area contributed by atoms with Crippen LogP contribution in [0.15, 0.2) is 36.4 Å². The first-order valence-corrected chi connectivity index (χ1v) is 8.84. The predicted molar refractivity (Wildman–Crippen MR) is 106 cm³/mol. The first-order chi connectivity index (χ1) is 13.9. The first kappa shape index (κ1) is 22.0. The van der Waals surface area contributed by atoms with E-state index in [4.69, 9.17) is 19.3 Å². The highest BCUT2D eigenvalue weighted by atomic mass is 16.6. The monoisotopic (exact) mass is 404 g/mol. The zero-order valence-electron chi connectivity index (χ0n) is 16.6. The molecule has 1 N–H and O–H groups in total. The summed E-state index contributed by atoms with van der Waals surface area (Å²) in [6, 6.07) is 10.2. The van der Waals surface area contributed by atoms with Crippen LogP contribution in [0.1, 0.15) is 17.5 Å². The smallest absolute Gasteiger partial charge is 0.304 e. The molecule has 2 aromatic carbocycles. The second-order valence-electron chi connectivity index (χ2n) is 6.30. The Hall–Kier alpha value is -3.33. The number of carboxylic acid groups (broad SMARTS) is 1. The highest BCUT2D eigenvalue weighted by Crippen LogP contribution is 2.35. The molecule has 0 unspecified atom stereocenters. The lowest BCUT2D eigenvalue weighted by molar-refractivity contribution is -0.385. The van der Waals surface area contributed by atoms with E-state index in [1.165, 1.54) is 20.3 Å². The number of methoxy groups -OCH3 is 3. The Morgan fingerprint density at radius 1 is 1.07 bits per heavy atom. The van der Waals surface area contributed by atoms with Crippen LogP contribution in [0.3, 0.4) is 0 Å². The summed E-state index contributed by atoms with van der Waals surface area (Å²) in [7, 11) is 4.42.